The number of alkyl halides is 2. The second kappa shape index (κ2) is 5.23. The molecule has 0 saturated carbocycles. The predicted octanol–water partition coefficient (Wildman–Crippen LogP) is 0.578. The van der Waals surface area contributed by atoms with Crippen LogP contribution in [0.15, 0.2) is 0 Å². The molecule has 0 aliphatic carbocycles. The normalized spacial score (nSPS) is 17.1. The number of amides is 2. The molecule has 1 aliphatic heterocycles. The van der Waals surface area contributed by atoms with Crippen molar-refractivity contribution in [3.05, 3.63) is 0 Å². The maximum Gasteiger partial charge on any atom is 0.315 e. The number of carbonyl (C=O) groups is 2. The molecule has 1 saturated heterocycles. The Balaban J connectivity index is 2.45. The van der Waals surface area contributed by atoms with Crippen LogP contribution in [0.25, 0.3) is 0 Å². The number of rotatable bonds is 2. The molecule has 4 nitrogen and oxygen atoms in total. The van der Waals surface area contributed by atoms with Crippen molar-refractivity contribution in [3.63, 3.8) is 0 Å². The van der Waals surface area contributed by atoms with Gasteiger partial charge in [-0.2, -0.15) is 8.78 Å². The number of hydrogen-bond acceptors (Lipinski definition) is 2. The maximum absolute atomic E-state index is 12.1. The van der Waals surface area contributed by atoms with E-state index in [1.165, 1.54) is 0 Å². The van der Waals surface area contributed by atoms with Gasteiger partial charge in [-0.3, -0.25) is 9.59 Å². The Kier molecular flexibility index (Phi) is 4.20. The Morgan fingerprint density at radius 1 is 0.938 bits per heavy atom. The Bertz CT molecular complexity index is 246. The molecule has 1 fully saturated rings. The second-order valence-corrected chi connectivity index (χ2v) is 4.11. The van der Waals surface area contributed by atoms with Crippen LogP contribution in [0.2, 0.25) is 0 Å². The number of nitrogens with zero attached hydrogens (tertiary/aromatic N) is 2. The van der Waals surface area contributed by atoms with Gasteiger partial charge in [-0.25, -0.2) is 0 Å². The van der Waals surface area contributed by atoms with Crippen LogP contribution in [-0.2, 0) is 9.59 Å². The van der Waals surface area contributed by atoms with Crippen LogP contribution >= 0.6 is 0 Å². The Labute approximate surface area is 93.2 Å². The van der Waals surface area contributed by atoms with E-state index < -0.39 is 12.3 Å². The largest absolute Gasteiger partial charge is 0.339 e. The molecule has 2 amide bonds. The molecule has 1 rings (SSSR count). The van der Waals surface area contributed by atoms with E-state index in [4.69, 9.17) is 0 Å². The van der Waals surface area contributed by atoms with Crippen molar-refractivity contribution < 1.29 is 18.4 Å². The molecule has 0 spiro atoms. The number of carbonyl (C=O) groups excluding carboxylic acids is 2. The highest BCUT2D eigenvalue weighted by Crippen LogP contribution is 2.09. The lowest BCUT2D eigenvalue weighted by Gasteiger charge is -2.35. The third-order valence-corrected chi connectivity index (χ3v) is 2.58. The van der Waals surface area contributed by atoms with Crippen LogP contribution in [0, 0.1) is 5.92 Å². The molecule has 92 valence electrons. The summed E-state index contributed by atoms with van der Waals surface area (Å²) in [6.07, 6.45) is -2.95. The highest BCUT2D eigenvalue weighted by atomic mass is 19.3. The van der Waals surface area contributed by atoms with Crippen LogP contribution in [0.3, 0.4) is 0 Å². The summed E-state index contributed by atoms with van der Waals surface area (Å²) >= 11 is 0. The van der Waals surface area contributed by atoms with E-state index in [1.807, 2.05) is 0 Å². The van der Waals surface area contributed by atoms with Crippen LogP contribution in [0.1, 0.15) is 13.8 Å². The van der Waals surface area contributed by atoms with Crippen LogP contribution in [0.4, 0.5) is 8.78 Å². The molecule has 0 aromatic carbocycles. The summed E-state index contributed by atoms with van der Waals surface area (Å²) in [6, 6.07) is 0. The summed E-state index contributed by atoms with van der Waals surface area (Å²) in [4.78, 5) is 25.3. The molecule has 0 N–H and O–H groups in total. The fourth-order valence-corrected chi connectivity index (χ4v) is 1.65. The van der Waals surface area contributed by atoms with Gasteiger partial charge < -0.3 is 9.80 Å². The monoisotopic (exact) mass is 234 g/mol. The van der Waals surface area contributed by atoms with Crippen LogP contribution in [0.5, 0.6) is 0 Å². The summed E-state index contributed by atoms with van der Waals surface area (Å²) in [5.74, 6) is -1.24. The zero-order valence-electron chi connectivity index (χ0n) is 9.45. The summed E-state index contributed by atoms with van der Waals surface area (Å²) in [5.41, 5.74) is 0. The zero-order valence-corrected chi connectivity index (χ0v) is 9.45. The average molecular weight is 234 g/mol. The lowest BCUT2D eigenvalue weighted by atomic mass is 10.1. The van der Waals surface area contributed by atoms with E-state index in [1.54, 1.807) is 18.7 Å². The molecule has 0 radical (unpaired) electrons. The van der Waals surface area contributed by atoms with Crippen molar-refractivity contribution in [3.8, 4) is 0 Å². The molecule has 0 aromatic rings. The zero-order chi connectivity index (χ0) is 12.3. The maximum atomic E-state index is 12.1. The molecular weight excluding hydrogens is 218 g/mol. The molecule has 0 bridgehead atoms. The first-order chi connectivity index (χ1) is 7.43. The Hall–Kier alpha value is -1.20. The third kappa shape index (κ3) is 2.90. The van der Waals surface area contributed by atoms with Gasteiger partial charge in [0.25, 0.3) is 5.91 Å². The minimum Gasteiger partial charge on any atom is -0.339 e. The topological polar surface area (TPSA) is 40.6 Å². The van der Waals surface area contributed by atoms with Crippen LogP contribution < -0.4 is 0 Å². The van der Waals surface area contributed by atoms with Gasteiger partial charge in [0, 0.05) is 32.1 Å². The number of halogens is 2. The van der Waals surface area contributed by atoms with Gasteiger partial charge in [-0.05, 0) is 0 Å². The van der Waals surface area contributed by atoms with E-state index >= 15 is 0 Å². The molecule has 0 unspecified atom stereocenters. The first-order valence-corrected chi connectivity index (χ1v) is 5.29. The smallest absolute Gasteiger partial charge is 0.315 e. The molecule has 1 heterocycles. The highest BCUT2D eigenvalue weighted by molar-refractivity contribution is 5.81. The van der Waals surface area contributed by atoms with E-state index in [2.05, 4.69) is 0 Å². The van der Waals surface area contributed by atoms with Gasteiger partial charge >= 0.3 is 6.43 Å². The molecular formula is C10H16F2N2O2. The van der Waals surface area contributed by atoms with Gasteiger partial charge in [0.15, 0.2) is 0 Å². The van der Waals surface area contributed by atoms with E-state index in [-0.39, 0.29) is 24.9 Å². The van der Waals surface area contributed by atoms with Crippen molar-refractivity contribution in [2.24, 2.45) is 5.92 Å². The lowest BCUT2D eigenvalue weighted by Crippen LogP contribution is -2.52. The molecule has 0 atom stereocenters. The van der Waals surface area contributed by atoms with Gasteiger partial charge in [-0.15, -0.1) is 0 Å². The molecule has 16 heavy (non-hydrogen) atoms. The second-order valence-electron chi connectivity index (χ2n) is 4.11. The summed E-state index contributed by atoms with van der Waals surface area (Å²) in [7, 11) is 0. The molecule has 0 aromatic heterocycles. The fourth-order valence-electron chi connectivity index (χ4n) is 1.65. The number of piperazine rings is 1. The first-order valence-electron chi connectivity index (χ1n) is 5.29. The Morgan fingerprint density at radius 2 is 1.31 bits per heavy atom. The van der Waals surface area contributed by atoms with Gasteiger partial charge in [-0.1, -0.05) is 13.8 Å². The molecule has 6 heteroatoms. The first kappa shape index (κ1) is 12.9. The van der Waals surface area contributed by atoms with Gasteiger partial charge in [0.1, 0.15) is 0 Å². The van der Waals surface area contributed by atoms with Gasteiger partial charge in [0.2, 0.25) is 5.91 Å². The summed E-state index contributed by atoms with van der Waals surface area (Å²) < 4.78 is 24.3. The van der Waals surface area contributed by atoms with E-state index in [9.17, 15) is 18.4 Å². The standard InChI is InChI=1S/C10H16F2N2O2/c1-7(2)9(15)13-3-5-14(6-4-13)10(16)8(11)12/h7-8H,3-6H2,1-2H3. The summed E-state index contributed by atoms with van der Waals surface area (Å²) in [6.45, 7) is 4.66. The van der Waals surface area contributed by atoms with Crippen molar-refractivity contribution in [2.75, 3.05) is 26.2 Å². The van der Waals surface area contributed by atoms with Crippen molar-refractivity contribution in [1.82, 2.24) is 9.80 Å². The molecule has 1 aliphatic rings. The summed E-state index contributed by atoms with van der Waals surface area (Å²) in [5, 5.41) is 0. The lowest BCUT2D eigenvalue weighted by molar-refractivity contribution is -0.148. The predicted molar refractivity (Wildman–Crippen MR) is 54.0 cm³/mol. The average Bonchev–Trinajstić information content (AvgIpc) is 2.27. The fraction of sp³-hybridized carbons (Fsp3) is 0.800. The van der Waals surface area contributed by atoms with Crippen molar-refractivity contribution >= 4 is 11.8 Å². The quantitative estimate of drug-likeness (QED) is 0.701. The minimum absolute atomic E-state index is 0.00384. The Morgan fingerprint density at radius 3 is 1.62 bits per heavy atom. The SMILES string of the molecule is CC(C)C(=O)N1CCN(C(=O)C(F)F)CC1. The van der Waals surface area contributed by atoms with Crippen LogP contribution in [-0.4, -0.2) is 54.2 Å². The minimum atomic E-state index is -2.95. The van der Waals surface area contributed by atoms with E-state index in [0.29, 0.717) is 13.1 Å². The highest BCUT2D eigenvalue weighted by Gasteiger charge is 2.29. The van der Waals surface area contributed by atoms with Gasteiger partial charge in [0.05, 0.1) is 0 Å². The third-order valence-electron chi connectivity index (χ3n) is 2.58. The van der Waals surface area contributed by atoms with E-state index in [0.717, 1.165) is 4.90 Å². The van der Waals surface area contributed by atoms with Crippen molar-refractivity contribution in [2.45, 2.75) is 20.3 Å². The number of hydrogen-bond donors (Lipinski definition) is 0. The van der Waals surface area contributed by atoms with Crippen molar-refractivity contribution in [1.29, 1.82) is 0 Å².